The van der Waals surface area contributed by atoms with Gasteiger partial charge in [0.1, 0.15) is 15.6 Å². The summed E-state index contributed by atoms with van der Waals surface area (Å²) in [6, 6.07) is 4.25. The molecule has 0 unspecified atom stereocenters. The predicted octanol–water partition coefficient (Wildman–Crippen LogP) is 3.37. The van der Waals surface area contributed by atoms with Gasteiger partial charge in [0.15, 0.2) is 0 Å². The standard InChI is InChI=1S/C13H12ClN3O3S/c1-13(2,12-15-6-7-21-12)16-11(18)8-4-3-5-9(14)10(8)17(19)20/h3-7H,1-2H3,(H,16,18). The van der Waals surface area contributed by atoms with Crippen molar-refractivity contribution in [1.82, 2.24) is 10.3 Å². The summed E-state index contributed by atoms with van der Waals surface area (Å²) in [5.41, 5.74) is -1.20. The number of hydrogen-bond acceptors (Lipinski definition) is 5. The molecule has 6 nitrogen and oxygen atoms in total. The Morgan fingerprint density at radius 3 is 2.76 bits per heavy atom. The molecule has 2 rings (SSSR count). The number of carbonyl (C=O) groups is 1. The van der Waals surface area contributed by atoms with Crippen molar-refractivity contribution in [3.63, 3.8) is 0 Å². The van der Waals surface area contributed by atoms with E-state index in [2.05, 4.69) is 10.3 Å². The number of rotatable bonds is 4. The molecule has 1 aromatic heterocycles. The van der Waals surface area contributed by atoms with Gasteiger partial charge in [0.25, 0.3) is 5.91 Å². The SMILES string of the molecule is CC(C)(NC(=O)c1cccc(Cl)c1[N+](=O)[O-])c1nccs1. The number of nitrogens with zero attached hydrogens (tertiary/aromatic N) is 2. The molecule has 0 aliphatic heterocycles. The lowest BCUT2D eigenvalue weighted by molar-refractivity contribution is -0.385. The highest BCUT2D eigenvalue weighted by atomic mass is 35.5. The van der Waals surface area contributed by atoms with E-state index in [0.29, 0.717) is 5.01 Å². The maximum Gasteiger partial charge on any atom is 0.300 e. The molecule has 1 amide bonds. The van der Waals surface area contributed by atoms with Gasteiger partial charge in [-0.25, -0.2) is 4.98 Å². The molecule has 0 saturated heterocycles. The Bertz CT molecular complexity index is 686. The van der Waals surface area contributed by atoms with Gasteiger partial charge in [0, 0.05) is 11.6 Å². The zero-order valence-corrected chi connectivity index (χ0v) is 12.9. The average Bonchev–Trinajstić information content (AvgIpc) is 2.92. The zero-order chi connectivity index (χ0) is 15.6. The van der Waals surface area contributed by atoms with Gasteiger partial charge in [-0.3, -0.25) is 14.9 Å². The second-order valence-electron chi connectivity index (χ2n) is 4.81. The van der Waals surface area contributed by atoms with E-state index < -0.39 is 22.1 Å². The third kappa shape index (κ3) is 3.20. The minimum absolute atomic E-state index is 0.0697. The van der Waals surface area contributed by atoms with Gasteiger partial charge in [-0.1, -0.05) is 17.7 Å². The quantitative estimate of drug-likeness (QED) is 0.689. The molecule has 0 aliphatic carbocycles. The molecule has 0 radical (unpaired) electrons. The monoisotopic (exact) mass is 325 g/mol. The van der Waals surface area contributed by atoms with Crippen LogP contribution in [0, 0.1) is 10.1 Å². The fraction of sp³-hybridized carbons (Fsp3) is 0.231. The van der Waals surface area contributed by atoms with Crippen LogP contribution in [0.2, 0.25) is 5.02 Å². The number of hydrogen-bond donors (Lipinski definition) is 1. The Kier molecular flexibility index (Phi) is 4.24. The fourth-order valence-electron chi connectivity index (χ4n) is 1.82. The lowest BCUT2D eigenvalue weighted by Crippen LogP contribution is -2.41. The Labute approximate surface area is 129 Å². The van der Waals surface area contributed by atoms with Gasteiger partial charge in [0.2, 0.25) is 0 Å². The summed E-state index contributed by atoms with van der Waals surface area (Å²) in [6.45, 7) is 3.56. The number of halogens is 1. The molecule has 0 spiro atoms. The van der Waals surface area contributed by atoms with Gasteiger partial charge in [0.05, 0.1) is 10.5 Å². The van der Waals surface area contributed by atoms with Gasteiger partial charge < -0.3 is 5.32 Å². The van der Waals surface area contributed by atoms with E-state index in [9.17, 15) is 14.9 Å². The Morgan fingerprint density at radius 2 is 2.19 bits per heavy atom. The van der Waals surface area contributed by atoms with Crippen LogP contribution in [0.5, 0.6) is 0 Å². The van der Waals surface area contributed by atoms with Gasteiger partial charge in [-0.15, -0.1) is 11.3 Å². The molecule has 0 bridgehead atoms. The lowest BCUT2D eigenvalue weighted by atomic mass is 10.1. The first-order chi connectivity index (χ1) is 9.83. The number of benzene rings is 1. The van der Waals surface area contributed by atoms with E-state index in [1.165, 1.54) is 29.5 Å². The highest BCUT2D eigenvalue weighted by molar-refractivity contribution is 7.09. The highest BCUT2D eigenvalue weighted by Crippen LogP contribution is 2.29. The van der Waals surface area contributed by atoms with Crippen molar-refractivity contribution in [2.24, 2.45) is 0 Å². The molecule has 0 fully saturated rings. The summed E-state index contributed by atoms with van der Waals surface area (Å²) in [4.78, 5) is 26.9. The van der Waals surface area contributed by atoms with Crippen LogP contribution in [0.3, 0.4) is 0 Å². The number of amides is 1. The second-order valence-corrected chi connectivity index (χ2v) is 6.11. The van der Waals surface area contributed by atoms with Gasteiger partial charge >= 0.3 is 5.69 Å². The van der Waals surface area contributed by atoms with Gasteiger partial charge in [-0.2, -0.15) is 0 Å². The fourth-order valence-corrected chi connectivity index (χ4v) is 2.78. The molecule has 2 aromatic rings. The van der Waals surface area contributed by atoms with E-state index in [0.717, 1.165) is 0 Å². The van der Waals surface area contributed by atoms with Crippen LogP contribution in [0.4, 0.5) is 5.69 Å². The number of aromatic nitrogens is 1. The lowest BCUT2D eigenvalue weighted by Gasteiger charge is -2.23. The molecule has 0 saturated carbocycles. The van der Waals surface area contributed by atoms with Crippen LogP contribution in [-0.2, 0) is 5.54 Å². The summed E-state index contributed by atoms with van der Waals surface area (Å²) in [5, 5.41) is 16.3. The maximum absolute atomic E-state index is 12.3. The Balaban J connectivity index is 2.34. The molecule has 0 aliphatic rings. The Morgan fingerprint density at radius 1 is 1.48 bits per heavy atom. The van der Waals surface area contributed by atoms with Crippen molar-refractivity contribution >= 4 is 34.5 Å². The minimum Gasteiger partial charge on any atom is -0.340 e. The number of thiazole rings is 1. The molecule has 1 aromatic carbocycles. The second kappa shape index (κ2) is 5.79. The van der Waals surface area contributed by atoms with Crippen molar-refractivity contribution < 1.29 is 9.72 Å². The van der Waals surface area contributed by atoms with Gasteiger partial charge in [-0.05, 0) is 26.0 Å². The van der Waals surface area contributed by atoms with Crippen LogP contribution in [-0.4, -0.2) is 15.8 Å². The smallest absolute Gasteiger partial charge is 0.300 e. The van der Waals surface area contributed by atoms with Crippen molar-refractivity contribution in [1.29, 1.82) is 0 Å². The summed E-state index contributed by atoms with van der Waals surface area (Å²) in [5.74, 6) is -0.565. The van der Waals surface area contributed by atoms with E-state index in [-0.39, 0.29) is 10.6 Å². The third-order valence-electron chi connectivity index (χ3n) is 2.81. The number of nitrogens with one attached hydrogen (secondary N) is 1. The summed E-state index contributed by atoms with van der Waals surface area (Å²) < 4.78 is 0. The first-order valence-electron chi connectivity index (χ1n) is 5.98. The third-order valence-corrected chi connectivity index (χ3v) is 4.21. The molecular formula is C13H12ClN3O3S. The first-order valence-corrected chi connectivity index (χ1v) is 7.24. The van der Waals surface area contributed by atoms with Crippen LogP contribution in [0.25, 0.3) is 0 Å². The van der Waals surface area contributed by atoms with Crippen molar-refractivity contribution in [2.75, 3.05) is 0 Å². The van der Waals surface area contributed by atoms with E-state index in [1.54, 1.807) is 25.4 Å². The topological polar surface area (TPSA) is 85.1 Å². The molecule has 8 heteroatoms. The zero-order valence-electron chi connectivity index (χ0n) is 11.3. The number of nitro benzene ring substituents is 1. The summed E-state index contributed by atoms with van der Waals surface area (Å²) >= 11 is 7.20. The highest BCUT2D eigenvalue weighted by Gasteiger charge is 2.30. The molecular weight excluding hydrogens is 314 g/mol. The number of para-hydroxylation sites is 1. The number of nitro groups is 1. The maximum atomic E-state index is 12.3. The molecule has 1 N–H and O–H groups in total. The van der Waals surface area contributed by atoms with Crippen molar-refractivity contribution in [3.05, 3.63) is 55.5 Å². The Hall–Kier alpha value is -1.99. The molecule has 1 heterocycles. The molecule has 110 valence electrons. The minimum atomic E-state index is -0.735. The van der Waals surface area contributed by atoms with E-state index in [4.69, 9.17) is 11.6 Å². The predicted molar refractivity (Wildman–Crippen MR) is 80.7 cm³/mol. The summed E-state index contributed by atoms with van der Waals surface area (Å²) in [6.07, 6.45) is 1.63. The van der Waals surface area contributed by atoms with E-state index >= 15 is 0 Å². The first kappa shape index (κ1) is 15.4. The number of carbonyl (C=O) groups excluding carboxylic acids is 1. The van der Waals surface area contributed by atoms with Crippen LogP contribution < -0.4 is 5.32 Å². The molecule has 0 atom stereocenters. The summed E-state index contributed by atoms with van der Waals surface area (Å²) in [7, 11) is 0. The van der Waals surface area contributed by atoms with Crippen molar-refractivity contribution in [3.8, 4) is 0 Å². The molecule has 21 heavy (non-hydrogen) atoms. The van der Waals surface area contributed by atoms with Crippen LogP contribution >= 0.6 is 22.9 Å². The van der Waals surface area contributed by atoms with Crippen LogP contribution in [0.15, 0.2) is 29.8 Å². The normalized spacial score (nSPS) is 11.2. The average molecular weight is 326 g/mol. The van der Waals surface area contributed by atoms with Crippen molar-refractivity contribution in [2.45, 2.75) is 19.4 Å². The van der Waals surface area contributed by atoms with E-state index in [1.807, 2.05) is 0 Å². The largest absolute Gasteiger partial charge is 0.340 e. The van der Waals surface area contributed by atoms with Crippen LogP contribution in [0.1, 0.15) is 29.2 Å².